The molecule has 0 bridgehead atoms. The van der Waals surface area contributed by atoms with Crippen LogP contribution in [0.5, 0.6) is 0 Å². The largest absolute Gasteiger partial charge is 0.259 e. The van der Waals surface area contributed by atoms with Gasteiger partial charge in [0.15, 0.2) is 0 Å². The minimum Gasteiger partial charge on any atom is -0.259 e. The van der Waals surface area contributed by atoms with Gasteiger partial charge in [-0.15, -0.1) is 0 Å². The Bertz CT molecular complexity index is 433. The van der Waals surface area contributed by atoms with Gasteiger partial charge in [0, 0.05) is 16.6 Å². The predicted molar refractivity (Wildman–Crippen MR) is 78.3 cm³/mol. The summed E-state index contributed by atoms with van der Waals surface area (Å²) in [5.74, 6) is 0.343. The summed E-state index contributed by atoms with van der Waals surface area (Å²) >= 11 is 3.45. The van der Waals surface area contributed by atoms with Crippen LogP contribution >= 0.6 is 15.9 Å². The van der Waals surface area contributed by atoms with Gasteiger partial charge in [0.05, 0.1) is 5.69 Å². The van der Waals surface area contributed by atoms with Crippen molar-refractivity contribution in [1.82, 2.24) is 4.98 Å². The average molecular weight is 294 g/mol. The average Bonchev–Trinajstić information content (AvgIpc) is 2.29. The van der Waals surface area contributed by atoms with E-state index in [1.54, 1.807) is 0 Å². The van der Waals surface area contributed by atoms with Crippen molar-refractivity contribution < 1.29 is 0 Å². The second kappa shape index (κ2) is 6.75. The predicted octanol–water partition coefficient (Wildman–Crippen LogP) is 5.17. The SMILES string of the molecule is C/C=C(\C=C/CC)C(C)c1ncc(Br)cc1C. The first kappa shape index (κ1) is 14.2. The van der Waals surface area contributed by atoms with Gasteiger partial charge in [-0.2, -0.15) is 0 Å². The molecule has 0 saturated heterocycles. The van der Waals surface area contributed by atoms with Crippen molar-refractivity contribution in [2.45, 2.75) is 40.0 Å². The number of pyridine rings is 1. The molecule has 0 aliphatic heterocycles. The lowest BCUT2D eigenvalue weighted by Crippen LogP contribution is -2.02. The molecule has 1 aromatic heterocycles. The van der Waals surface area contributed by atoms with Gasteiger partial charge in [0.2, 0.25) is 0 Å². The second-order valence-electron chi connectivity index (χ2n) is 4.18. The maximum atomic E-state index is 4.53. The fourth-order valence-corrected chi connectivity index (χ4v) is 2.35. The highest BCUT2D eigenvalue weighted by molar-refractivity contribution is 9.10. The van der Waals surface area contributed by atoms with Gasteiger partial charge in [-0.25, -0.2) is 0 Å². The number of aromatic nitrogens is 1. The molecule has 1 rings (SSSR count). The van der Waals surface area contributed by atoms with E-state index in [0.717, 1.165) is 16.6 Å². The van der Waals surface area contributed by atoms with Gasteiger partial charge in [-0.1, -0.05) is 32.1 Å². The van der Waals surface area contributed by atoms with Crippen molar-refractivity contribution in [2.75, 3.05) is 0 Å². The van der Waals surface area contributed by atoms with Crippen LogP contribution in [0.2, 0.25) is 0 Å². The van der Waals surface area contributed by atoms with E-state index in [1.165, 1.54) is 11.1 Å². The number of allylic oxidation sites excluding steroid dienone is 4. The van der Waals surface area contributed by atoms with Gasteiger partial charge >= 0.3 is 0 Å². The first-order valence-corrected chi connectivity index (χ1v) is 6.84. The standard InChI is InChI=1S/C15H20BrN/c1-5-7-8-13(6-2)12(4)15-11(3)9-14(16)10-17-15/h6-10,12H,5H2,1-4H3/b8-7-,13-6+. The van der Waals surface area contributed by atoms with Gasteiger partial charge in [-0.3, -0.25) is 4.98 Å². The molecule has 0 aliphatic rings. The molecule has 1 atom stereocenters. The van der Waals surface area contributed by atoms with Gasteiger partial charge in [-0.05, 0) is 53.4 Å². The number of hydrogen-bond acceptors (Lipinski definition) is 1. The summed E-state index contributed by atoms with van der Waals surface area (Å²) < 4.78 is 1.04. The Kier molecular flexibility index (Phi) is 5.63. The maximum absolute atomic E-state index is 4.53. The van der Waals surface area contributed by atoms with Gasteiger partial charge in [0.1, 0.15) is 0 Å². The summed E-state index contributed by atoms with van der Waals surface area (Å²) in [4.78, 5) is 4.53. The number of nitrogens with zero attached hydrogens (tertiary/aromatic N) is 1. The summed E-state index contributed by atoms with van der Waals surface area (Å²) in [6, 6.07) is 2.12. The molecule has 0 saturated carbocycles. The van der Waals surface area contributed by atoms with Crippen LogP contribution < -0.4 is 0 Å². The zero-order valence-electron chi connectivity index (χ0n) is 11.0. The van der Waals surface area contributed by atoms with Crippen molar-refractivity contribution in [3.05, 3.63) is 51.8 Å². The van der Waals surface area contributed by atoms with Gasteiger partial charge < -0.3 is 0 Å². The van der Waals surface area contributed by atoms with E-state index in [0.29, 0.717) is 5.92 Å². The third-order valence-electron chi connectivity index (χ3n) is 2.87. The Morgan fingerprint density at radius 1 is 1.53 bits per heavy atom. The monoisotopic (exact) mass is 293 g/mol. The van der Waals surface area contributed by atoms with E-state index in [-0.39, 0.29) is 0 Å². The molecular weight excluding hydrogens is 274 g/mol. The second-order valence-corrected chi connectivity index (χ2v) is 5.09. The molecule has 0 fully saturated rings. The van der Waals surface area contributed by atoms with Crippen molar-refractivity contribution in [3.63, 3.8) is 0 Å². The van der Waals surface area contributed by atoms with Crippen LogP contribution in [0.25, 0.3) is 0 Å². The molecule has 1 nitrogen and oxygen atoms in total. The fraction of sp³-hybridized carbons (Fsp3) is 0.400. The number of rotatable bonds is 4. The number of aryl methyl sites for hydroxylation is 1. The summed E-state index contributed by atoms with van der Waals surface area (Å²) in [6.45, 7) is 8.55. The van der Waals surface area contributed by atoms with E-state index in [4.69, 9.17) is 0 Å². The quantitative estimate of drug-likeness (QED) is 0.698. The van der Waals surface area contributed by atoms with E-state index < -0.39 is 0 Å². The molecular formula is C15H20BrN. The Labute approximate surface area is 113 Å². The van der Waals surface area contributed by atoms with Crippen LogP contribution in [-0.2, 0) is 0 Å². The van der Waals surface area contributed by atoms with Crippen molar-refractivity contribution >= 4 is 15.9 Å². The first-order valence-electron chi connectivity index (χ1n) is 6.04. The topological polar surface area (TPSA) is 12.9 Å². The van der Waals surface area contributed by atoms with E-state index >= 15 is 0 Å². The van der Waals surface area contributed by atoms with E-state index in [1.807, 2.05) is 6.20 Å². The Morgan fingerprint density at radius 2 is 2.24 bits per heavy atom. The van der Waals surface area contributed by atoms with Crippen LogP contribution in [0.1, 0.15) is 44.4 Å². The minimum atomic E-state index is 0.343. The lowest BCUT2D eigenvalue weighted by Gasteiger charge is -2.15. The van der Waals surface area contributed by atoms with Crippen molar-refractivity contribution in [1.29, 1.82) is 0 Å². The van der Waals surface area contributed by atoms with Crippen LogP contribution in [-0.4, -0.2) is 4.98 Å². The molecule has 1 heterocycles. The van der Waals surface area contributed by atoms with Crippen LogP contribution in [0.3, 0.4) is 0 Å². The van der Waals surface area contributed by atoms with Crippen LogP contribution in [0.15, 0.2) is 40.5 Å². The summed E-state index contributed by atoms with van der Waals surface area (Å²) in [6.07, 6.45) is 9.50. The van der Waals surface area contributed by atoms with E-state index in [2.05, 4.69) is 72.9 Å². The highest BCUT2D eigenvalue weighted by Crippen LogP contribution is 2.27. The molecule has 1 aromatic rings. The molecule has 0 aliphatic carbocycles. The number of hydrogen-bond donors (Lipinski definition) is 0. The molecule has 17 heavy (non-hydrogen) atoms. The molecule has 0 spiro atoms. The van der Waals surface area contributed by atoms with Crippen LogP contribution in [0.4, 0.5) is 0 Å². The molecule has 2 heteroatoms. The Morgan fingerprint density at radius 3 is 2.76 bits per heavy atom. The molecule has 0 aromatic carbocycles. The van der Waals surface area contributed by atoms with E-state index in [9.17, 15) is 0 Å². The third-order valence-corrected chi connectivity index (χ3v) is 3.31. The Balaban J connectivity index is 3.02. The molecule has 0 amide bonds. The number of halogens is 1. The summed E-state index contributed by atoms with van der Waals surface area (Å²) in [7, 11) is 0. The van der Waals surface area contributed by atoms with Crippen molar-refractivity contribution in [3.8, 4) is 0 Å². The fourth-order valence-electron chi connectivity index (χ4n) is 1.91. The highest BCUT2D eigenvalue weighted by atomic mass is 79.9. The lowest BCUT2D eigenvalue weighted by molar-refractivity contribution is 0.852. The smallest absolute Gasteiger partial charge is 0.0505 e. The molecule has 0 radical (unpaired) electrons. The molecule has 92 valence electrons. The summed E-state index contributed by atoms with van der Waals surface area (Å²) in [5.41, 5.74) is 3.71. The van der Waals surface area contributed by atoms with Crippen molar-refractivity contribution in [2.24, 2.45) is 0 Å². The third kappa shape index (κ3) is 3.81. The highest BCUT2D eigenvalue weighted by Gasteiger charge is 2.12. The molecule has 0 N–H and O–H groups in total. The summed E-state index contributed by atoms with van der Waals surface area (Å²) in [5, 5.41) is 0. The van der Waals surface area contributed by atoms with Crippen LogP contribution in [0, 0.1) is 6.92 Å². The lowest BCUT2D eigenvalue weighted by atomic mass is 9.93. The first-order chi connectivity index (χ1) is 8.10. The zero-order valence-corrected chi connectivity index (χ0v) is 12.6. The zero-order chi connectivity index (χ0) is 12.8. The minimum absolute atomic E-state index is 0.343. The normalized spacial score (nSPS) is 14.3. The Hall–Kier alpha value is -0.890. The van der Waals surface area contributed by atoms with Gasteiger partial charge in [0.25, 0.3) is 0 Å². The maximum Gasteiger partial charge on any atom is 0.0505 e. The molecule has 1 unspecified atom stereocenters.